The van der Waals surface area contributed by atoms with E-state index in [0.717, 1.165) is 28.6 Å². The van der Waals surface area contributed by atoms with Crippen LogP contribution in [0.5, 0.6) is 0 Å². The van der Waals surface area contributed by atoms with Crippen LogP contribution < -0.4 is 5.32 Å². The lowest BCUT2D eigenvalue weighted by Gasteiger charge is -2.12. The van der Waals surface area contributed by atoms with Crippen molar-refractivity contribution in [1.29, 1.82) is 0 Å². The lowest BCUT2D eigenvalue weighted by atomic mass is 10.0. The Morgan fingerprint density at radius 1 is 1.27 bits per heavy atom. The molecule has 4 aromatic rings. The quantitative estimate of drug-likeness (QED) is 0.306. The number of nitro benzene ring substituents is 1. The van der Waals surface area contributed by atoms with Crippen LogP contribution in [-0.2, 0) is 18.3 Å². The molecule has 168 valence electrons. The number of fused-ring (bicyclic) bond motifs is 1. The van der Waals surface area contributed by atoms with Gasteiger partial charge in [0.2, 0.25) is 11.8 Å². The molecule has 1 N–H and O–H groups in total. The highest BCUT2D eigenvalue weighted by Crippen LogP contribution is 2.33. The predicted molar refractivity (Wildman–Crippen MR) is 124 cm³/mol. The first-order valence-electron chi connectivity index (χ1n) is 10.4. The van der Waals surface area contributed by atoms with Crippen molar-refractivity contribution >= 4 is 34.0 Å². The minimum atomic E-state index is -0.908. The van der Waals surface area contributed by atoms with E-state index < -0.39 is 16.4 Å². The van der Waals surface area contributed by atoms with Crippen molar-refractivity contribution < 1.29 is 14.1 Å². The van der Waals surface area contributed by atoms with Gasteiger partial charge in [0, 0.05) is 60.4 Å². The van der Waals surface area contributed by atoms with E-state index in [1.165, 1.54) is 0 Å². The zero-order valence-electron chi connectivity index (χ0n) is 18.4. The summed E-state index contributed by atoms with van der Waals surface area (Å²) < 4.78 is 15.9. The van der Waals surface area contributed by atoms with Crippen LogP contribution in [0.3, 0.4) is 0 Å². The van der Waals surface area contributed by atoms with Gasteiger partial charge < -0.3 is 9.88 Å². The molecule has 0 amide bonds. The number of para-hydroxylation sites is 1. The number of ketones is 1. The second-order valence-electron chi connectivity index (χ2n) is 7.81. The number of halogens is 1. The summed E-state index contributed by atoms with van der Waals surface area (Å²) in [6.07, 6.45) is 4.13. The summed E-state index contributed by atoms with van der Waals surface area (Å²) in [7, 11) is 1.93. The molecule has 0 aliphatic rings. The summed E-state index contributed by atoms with van der Waals surface area (Å²) >= 11 is 0. The van der Waals surface area contributed by atoms with Gasteiger partial charge >= 0.3 is 5.69 Å². The number of hydrogen-bond donors (Lipinski definition) is 1. The number of nitro groups is 1. The number of anilines is 2. The fourth-order valence-corrected chi connectivity index (χ4v) is 3.75. The van der Waals surface area contributed by atoms with Gasteiger partial charge in [0.05, 0.1) is 16.3 Å². The van der Waals surface area contributed by atoms with Crippen LogP contribution in [0.25, 0.3) is 22.2 Å². The van der Waals surface area contributed by atoms with Crippen LogP contribution >= 0.6 is 0 Å². The van der Waals surface area contributed by atoms with Crippen molar-refractivity contribution in [1.82, 2.24) is 14.5 Å². The third-order valence-corrected chi connectivity index (χ3v) is 5.54. The Bertz CT molecular complexity index is 1400. The topological polar surface area (TPSA) is 103 Å². The smallest absolute Gasteiger partial charge is 0.306 e. The van der Waals surface area contributed by atoms with E-state index in [-0.39, 0.29) is 18.2 Å². The van der Waals surface area contributed by atoms with Gasteiger partial charge in [-0.05, 0) is 24.6 Å². The fourth-order valence-electron chi connectivity index (χ4n) is 3.75. The van der Waals surface area contributed by atoms with E-state index in [1.54, 1.807) is 20.0 Å². The van der Waals surface area contributed by atoms with Crippen molar-refractivity contribution in [2.45, 2.75) is 26.7 Å². The standard InChI is InChI=1S/C24H22FN5O3/c1-4-16(31)10-15-12-26-24(27-20-11-22(30(32)33)19(25)9-14(20)2)28-23(15)18-13-29(3)21-8-6-5-7-17(18)21/h5-9,11-13H,4,10H2,1-3H3,(H,26,27,28). The lowest BCUT2D eigenvalue weighted by molar-refractivity contribution is -0.387. The Morgan fingerprint density at radius 2 is 2.03 bits per heavy atom. The molecule has 0 unspecified atom stereocenters. The van der Waals surface area contributed by atoms with E-state index in [9.17, 15) is 19.3 Å². The number of carbonyl (C=O) groups is 1. The minimum Gasteiger partial charge on any atom is -0.350 e. The number of aryl methyl sites for hydroxylation is 2. The molecule has 0 saturated carbocycles. The van der Waals surface area contributed by atoms with Crippen LogP contribution in [-0.4, -0.2) is 25.2 Å². The summed E-state index contributed by atoms with van der Waals surface area (Å²) in [6, 6.07) is 10.1. The van der Waals surface area contributed by atoms with E-state index in [4.69, 9.17) is 0 Å². The molecule has 9 heteroatoms. The number of Topliss-reactive ketones (excluding diaryl/α,β-unsaturated/α-hetero) is 1. The van der Waals surface area contributed by atoms with Gasteiger partial charge in [0.25, 0.3) is 0 Å². The van der Waals surface area contributed by atoms with Gasteiger partial charge in [-0.15, -0.1) is 0 Å². The number of nitrogens with zero attached hydrogens (tertiary/aromatic N) is 4. The molecule has 2 aromatic heterocycles. The predicted octanol–water partition coefficient (Wildman–Crippen LogP) is 5.26. The van der Waals surface area contributed by atoms with Gasteiger partial charge in [0.1, 0.15) is 5.78 Å². The zero-order valence-corrected chi connectivity index (χ0v) is 18.4. The molecule has 0 aliphatic carbocycles. The highest BCUT2D eigenvalue weighted by atomic mass is 19.1. The number of benzene rings is 2. The molecule has 0 atom stereocenters. The Morgan fingerprint density at radius 3 is 2.76 bits per heavy atom. The molecule has 0 bridgehead atoms. The van der Waals surface area contributed by atoms with E-state index in [2.05, 4.69) is 15.3 Å². The SMILES string of the molecule is CCC(=O)Cc1cnc(Nc2cc([N+](=O)[O-])c(F)cc2C)nc1-c1cn(C)c2ccccc12. The summed E-state index contributed by atoms with van der Waals surface area (Å²) in [4.78, 5) is 31.6. The van der Waals surface area contributed by atoms with Gasteiger partial charge in [-0.2, -0.15) is 4.39 Å². The first kappa shape index (κ1) is 22.1. The number of nitrogens with one attached hydrogen (secondary N) is 1. The molecular weight excluding hydrogens is 425 g/mol. The molecular formula is C24H22FN5O3. The van der Waals surface area contributed by atoms with E-state index in [0.29, 0.717) is 28.9 Å². The number of carbonyl (C=O) groups excluding carboxylic acids is 1. The van der Waals surface area contributed by atoms with Crippen LogP contribution in [0.15, 0.2) is 48.8 Å². The van der Waals surface area contributed by atoms with Crippen LogP contribution in [0, 0.1) is 22.9 Å². The zero-order chi connectivity index (χ0) is 23.7. The highest BCUT2D eigenvalue weighted by molar-refractivity contribution is 5.96. The summed E-state index contributed by atoms with van der Waals surface area (Å²) in [5.74, 6) is -0.658. The third kappa shape index (κ3) is 4.30. The maximum atomic E-state index is 13.9. The fraction of sp³-hybridized carbons (Fsp3) is 0.208. The second kappa shape index (κ2) is 8.78. The molecule has 0 saturated heterocycles. The van der Waals surface area contributed by atoms with Gasteiger partial charge in [0.15, 0.2) is 0 Å². The molecule has 4 rings (SSSR count). The molecule has 0 radical (unpaired) electrons. The van der Waals surface area contributed by atoms with Gasteiger partial charge in [-0.25, -0.2) is 9.97 Å². The first-order valence-corrected chi connectivity index (χ1v) is 10.4. The minimum absolute atomic E-state index is 0.0609. The number of hydrogen-bond acceptors (Lipinski definition) is 6. The van der Waals surface area contributed by atoms with E-state index in [1.807, 2.05) is 42.1 Å². The van der Waals surface area contributed by atoms with Crippen LogP contribution in [0.2, 0.25) is 0 Å². The average Bonchev–Trinajstić information content (AvgIpc) is 3.12. The molecule has 33 heavy (non-hydrogen) atoms. The molecule has 8 nitrogen and oxygen atoms in total. The number of aromatic nitrogens is 3. The molecule has 0 fully saturated rings. The summed E-state index contributed by atoms with van der Waals surface area (Å²) in [6.45, 7) is 3.44. The second-order valence-corrected chi connectivity index (χ2v) is 7.81. The van der Waals surface area contributed by atoms with Gasteiger partial charge in [-0.3, -0.25) is 14.9 Å². The molecule has 2 aromatic carbocycles. The third-order valence-electron chi connectivity index (χ3n) is 5.54. The van der Waals surface area contributed by atoms with Crippen molar-refractivity contribution in [3.05, 3.63) is 75.9 Å². The Balaban J connectivity index is 1.83. The average molecular weight is 447 g/mol. The molecule has 0 spiro atoms. The van der Waals surface area contributed by atoms with E-state index >= 15 is 0 Å². The van der Waals surface area contributed by atoms with Crippen molar-refractivity contribution in [3.8, 4) is 11.3 Å². The normalized spacial score (nSPS) is 11.0. The van der Waals surface area contributed by atoms with Gasteiger partial charge in [-0.1, -0.05) is 25.1 Å². The monoisotopic (exact) mass is 447 g/mol. The Kier molecular flexibility index (Phi) is 5.87. The Labute approximate surface area is 189 Å². The van der Waals surface area contributed by atoms with Crippen molar-refractivity contribution in [3.63, 3.8) is 0 Å². The first-order chi connectivity index (χ1) is 15.8. The molecule has 0 aliphatic heterocycles. The summed E-state index contributed by atoms with van der Waals surface area (Å²) in [5, 5.41) is 15.1. The maximum Gasteiger partial charge on any atom is 0.306 e. The molecule has 2 heterocycles. The largest absolute Gasteiger partial charge is 0.350 e. The number of rotatable bonds is 7. The van der Waals surface area contributed by atoms with Crippen LogP contribution in [0.1, 0.15) is 24.5 Å². The Hall–Kier alpha value is -4.14. The van der Waals surface area contributed by atoms with Crippen LogP contribution in [0.4, 0.5) is 21.7 Å². The van der Waals surface area contributed by atoms with Crippen molar-refractivity contribution in [2.75, 3.05) is 5.32 Å². The maximum absolute atomic E-state index is 13.9. The summed E-state index contributed by atoms with van der Waals surface area (Å²) in [5.41, 5.74) is 3.30. The van der Waals surface area contributed by atoms with Crippen molar-refractivity contribution in [2.24, 2.45) is 7.05 Å². The highest BCUT2D eigenvalue weighted by Gasteiger charge is 2.20. The lowest BCUT2D eigenvalue weighted by Crippen LogP contribution is -2.07.